The predicted octanol–water partition coefficient (Wildman–Crippen LogP) is 3.22. The van der Waals surface area contributed by atoms with Crippen molar-refractivity contribution in [3.63, 3.8) is 0 Å². The number of amides is 1. The average Bonchev–Trinajstić information content (AvgIpc) is 3.30. The van der Waals surface area contributed by atoms with Crippen LogP contribution in [0.25, 0.3) is 0 Å². The van der Waals surface area contributed by atoms with Gasteiger partial charge < -0.3 is 19.5 Å². The van der Waals surface area contributed by atoms with Crippen molar-refractivity contribution in [3.8, 4) is 17.2 Å². The van der Waals surface area contributed by atoms with Crippen LogP contribution in [0.1, 0.15) is 15.2 Å². The molecule has 3 aromatic rings. The topological polar surface area (TPSA) is 85.4 Å². The van der Waals surface area contributed by atoms with Gasteiger partial charge in [0.15, 0.2) is 11.5 Å². The minimum Gasteiger partial charge on any atom is -0.493 e. The number of anilines is 1. The Morgan fingerprint density at radius 2 is 1.81 bits per heavy atom. The molecule has 1 aromatic heterocycles. The lowest BCUT2D eigenvalue weighted by Gasteiger charge is -2.16. The summed E-state index contributed by atoms with van der Waals surface area (Å²) in [5.74, 6) is 0.956. The normalized spacial score (nSPS) is 11.5. The summed E-state index contributed by atoms with van der Waals surface area (Å²) in [6.45, 7) is 0.767. The van der Waals surface area contributed by atoms with Gasteiger partial charge in [-0.05, 0) is 35.7 Å². The Labute approximate surface area is 191 Å². The number of hydrogen-bond donors (Lipinski definition) is 4. The van der Waals surface area contributed by atoms with Crippen molar-refractivity contribution in [2.24, 2.45) is 0 Å². The van der Waals surface area contributed by atoms with E-state index in [9.17, 15) is 4.79 Å². The van der Waals surface area contributed by atoms with Crippen molar-refractivity contribution in [2.75, 3.05) is 26.6 Å². The second-order valence-electron chi connectivity index (χ2n) is 6.56. The summed E-state index contributed by atoms with van der Waals surface area (Å²) in [6.07, 6.45) is 0. The zero-order valence-corrected chi connectivity index (χ0v) is 19.3. The first-order valence-corrected chi connectivity index (χ1v) is 10.9. The van der Waals surface area contributed by atoms with E-state index in [2.05, 4.69) is 34.7 Å². The number of carbonyl (C=O) groups excluding carboxylic acids is 1. The number of nitrogens with two attached hydrogens (primary N) is 1. The summed E-state index contributed by atoms with van der Waals surface area (Å²) < 4.78 is 15.9. The van der Waals surface area contributed by atoms with Crippen LogP contribution in [0.4, 0.5) is 11.4 Å². The van der Waals surface area contributed by atoms with Crippen molar-refractivity contribution in [1.82, 2.24) is 5.32 Å². The highest BCUT2D eigenvalue weighted by atomic mass is 32.1. The van der Waals surface area contributed by atoms with Gasteiger partial charge in [0.2, 0.25) is 11.2 Å². The molecule has 1 unspecified atom stereocenters. The van der Waals surface area contributed by atoms with E-state index in [-0.39, 0.29) is 5.91 Å². The van der Waals surface area contributed by atoms with E-state index in [1.54, 1.807) is 23.5 Å². The van der Waals surface area contributed by atoms with E-state index >= 15 is 0 Å². The smallest absolute Gasteiger partial charge is 0.256 e. The van der Waals surface area contributed by atoms with E-state index in [1.807, 2.05) is 35.6 Å². The van der Waals surface area contributed by atoms with E-state index in [1.165, 1.54) is 26.2 Å². The van der Waals surface area contributed by atoms with Gasteiger partial charge in [0.1, 0.15) is 5.69 Å². The number of benzene rings is 2. The number of hydrogen-bond acceptors (Lipinski definition) is 7. The lowest BCUT2D eigenvalue weighted by molar-refractivity contribution is -0.588. The molecule has 1 heterocycles. The van der Waals surface area contributed by atoms with Gasteiger partial charge in [0.25, 0.3) is 5.91 Å². The molecule has 1 atom stereocenters. The van der Waals surface area contributed by atoms with Crippen LogP contribution >= 0.6 is 24.0 Å². The second kappa shape index (κ2) is 10.9. The zero-order chi connectivity index (χ0) is 22.2. The molecule has 0 aliphatic rings. The molecule has 2 aromatic carbocycles. The summed E-state index contributed by atoms with van der Waals surface area (Å²) >= 11 is 6.22. The third-order valence-electron chi connectivity index (χ3n) is 4.49. The van der Waals surface area contributed by atoms with Crippen LogP contribution in [0.2, 0.25) is 0 Å². The molecule has 7 nitrogen and oxygen atoms in total. The van der Waals surface area contributed by atoms with Crippen LogP contribution in [0.15, 0.2) is 53.9 Å². The molecule has 0 aliphatic heterocycles. The molecule has 0 fully saturated rings. The van der Waals surface area contributed by atoms with Gasteiger partial charge in [-0.15, -0.1) is 11.3 Å². The fraction of sp³-hybridized carbons (Fsp3) is 0.227. The Morgan fingerprint density at radius 1 is 1.06 bits per heavy atom. The molecule has 3 rings (SSSR count). The molecule has 0 saturated heterocycles. The lowest BCUT2D eigenvalue weighted by Crippen LogP contribution is -2.86. The highest BCUT2D eigenvalue weighted by Crippen LogP contribution is 2.38. The largest absolute Gasteiger partial charge is 0.493 e. The van der Waals surface area contributed by atoms with Crippen molar-refractivity contribution >= 4 is 41.2 Å². The van der Waals surface area contributed by atoms with Crippen LogP contribution in [0, 0.1) is 0 Å². The quantitative estimate of drug-likeness (QED) is 0.212. The van der Waals surface area contributed by atoms with Crippen LogP contribution in [-0.2, 0) is 6.54 Å². The fourth-order valence-electron chi connectivity index (χ4n) is 3.01. The first-order valence-electron chi connectivity index (χ1n) is 9.54. The van der Waals surface area contributed by atoms with Crippen molar-refractivity contribution in [1.29, 1.82) is 0 Å². The SMILES string of the molecule is COc1cc(C(=O)NC(S)[NH2+]c2cccc(NCc3cccs3)c2)cc(OC)c1OC. The highest BCUT2D eigenvalue weighted by molar-refractivity contribution is 7.80. The Balaban J connectivity index is 1.63. The van der Waals surface area contributed by atoms with Crippen molar-refractivity contribution in [3.05, 3.63) is 64.4 Å². The van der Waals surface area contributed by atoms with Gasteiger partial charge >= 0.3 is 0 Å². The zero-order valence-electron chi connectivity index (χ0n) is 17.5. The monoisotopic (exact) mass is 460 g/mol. The average molecular weight is 461 g/mol. The maximum absolute atomic E-state index is 12.7. The molecule has 9 heteroatoms. The maximum atomic E-state index is 12.7. The molecule has 0 bridgehead atoms. The number of thiol groups is 1. The highest BCUT2D eigenvalue weighted by Gasteiger charge is 2.19. The Hall–Kier alpha value is -2.88. The molecule has 0 radical (unpaired) electrons. The molecule has 0 spiro atoms. The summed E-state index contributed by atoms with van der Waals surface area (Å²) in [7, 11) is 4.53. The van der Waals surface area contributed by atoms with Crippen LogP contribution in [0.5, 0.6) is 17.2 Å². The molecule has 31 heavy (non-hydrogen) atoms. The third kappa shape index (κ3) is 6.06. The van der Waals surface area contributed by atoms with Gasteiger partial charge in [-0.1, -0.05) is 24.8 Å². The van der Waals surface area contributed by atoms with E-state index < -0.39 is 5.50 Å². The fourth-order valence-corrected chi connectivity index (χ4v) is 3.94. The van der Waals surface area contributed by atoms with Gasteiger partial charge in [-0.3, -0.25) is 15.4 Å². The molecule has 0 aliphatic carbocycles. The number of carbonyl (C=O) groups is 1. The van der Waals surface area contributed by atoms with Crippen LogP contribution in [-0.4, -0.2) is 32.7 Å². The minimum atomic E-state index is -0.487. The molecular weight excluding hydrogens is 434 g/mol. The van der Waals surface area contributed by atoms with E-state index in [0.29, 0.717) is 22.8 Å². The molecule has 0 saturated carbocycles. The standard InChI is InChI=1S/C22H25N3O4S2/c1-27-18-10-14(11-19(28-2)20(18)29-3)21(26)25-22(30)24-16-7-4-6-15(12-16)23-13-17-8-5-9-31-17/h4-12,22-24,30H,13H2,1-3H3,(H,25,26)/p+1. The van der Waals surface area contributed by atoms with E-state index in [4.69, 9.17) is 14.2 Å². The van der Waals surface area contributed by atoms with Gasteiger partial charge in [0.05, 0.1) is 21.3 Å². The Morgan fingerprint density at radius 3 is 2.42 bits per heavy atom. The lowest BCUT2D eigenvalue weighted by atomic mass is 10.1. The Bertz CT molecular complexity index is 987. The predicted molar refractivity (Wildman–Crippen MR) is 126 cm³/mol. The Kier molecular flexibility index (Phi) is 8.05. The summed E-state index contributed by atoms with van der Waals surface area (Å²) in [5, 5.41) is 10.2. The number of ether oxygens (including phenoxy) is 3. The molecular formula is C22H26N3O4S2+. The van der Waals surface area contributed by atoms with Gasteiger partial charge in [-0.2, -0.15) is 0 Å². The maximum Gasteiger partial charge on any atom is 0.256 e. The summed E-state index contributed by atoms with van der Waals surface area (Å²) in [5.41, 5.74) is 1.84. The third-order valence-corrected chi connectivity index (χ3v) is 5.64. The summed E-state index contributed by atoms with van der Waals surface area (Å²) in [6, 6.07) is 15.3. The van der Waals surface area contributed by atoms with Crippen molar-refractivity contribution < 1.29 is 24.3 Å². The minimum absolute atomic E-state index is 0.303. The number of nitrogens with one attached hydrogen (secondary N) is 2. The molecule has 4 N–H and O–H groups in total. The van der Waals surface area contributed by atoms with Crippen LogP contribution < -0.4 is 30.2 Å². The van der Waals surface area contributed by atoms with Crippen LogP contribution in [0.3, 0.4) is 0 Å². The van der Waals surface area contributed by atoms with Gasteiger partial charge in [-0.25, -0.2) is 0 Å². The number of rotatable bonds is 10. The summed E-state index contributed by atoms with van der Waals surface area (Å²) in [4.78, 5) is 14.0. The second-order valence-corrected chi connectivity index (χ2v) is 8.15. The first kappa shape index (κ1) is 22.8. The number of thiophene rings is 1. The number of quaternary nitrogens is 1. The van der Waals surface area contributed by atoms with Gasteiger partial charge in [0, 0.05) is 28.7 Å². The number of methoxy groups -OCH3 is 3. The molecule has 164 valence electrons. The van der Waals surface area contributed by atoms with Crippen molar-refractivity contribution in [2.45, 2.75) is 12.0 Å². The van der Waals surface area contributed by atoms with E-state index in [0.717, 1.165) is 17.9 Å². The first-order chi connectivity index (χ1) is 15.0. The molecule has 1 amide bonds.